The predicted octanol–water partition coefficient (Wildman–Crippen LogP) is 4.77. The summed E-state index contributed by atoms with van der Waals surface area (Å²) in [6, 6.07) is 27.1. The van der Waals surface area contributed by atoms with Crippen molar-refractivity contribution in [3.63, 3.8) is 0 Å². The molecule has 0 saturated carbocycles. The van der Waals surface area contributed by atoms with Gasteiger partial charge in [0.2, 0.25) is 5.91 Å². The number of carbonyl (C=O) groups is 1. The molecule has 4 rings (SSSR count). The molecule has 3 aromatic carbocycles. The second-order valence-corrected chi connectivity index (χ2v) is 8.57. The number of rotatable bonds is 9. The van der Waals surface area contributed by atoms with E-state index >= 15 is 0 Å². The van der Waals surface area contributed by atoms with Crippen LogP contribution in [0.5, 0.6) is 0 Å². The van der Waals surface area contributed by atoms with Crippen LogP contribution in [0.15, 0.2) is 108 Å². The van der Waals surface area contributed by atoms with Crippen LogP contribution in [-0.2, 0) is 17.8 Å². The van der Waals surface area contributed by atoms with Crippen molar-refractivity contribution in [2.75, 3.05) is 5.75 Å². The van der Waals surface area contributed by atoms with Crippen molar-refractivity contribution in [3.05, 3.63) is 119 Å². The Morgan fingerprint density at radius 1 is 1.00 bits per heavy atom. The Hall–Kier alpha value is -3.64. The number of thioether (sulfide) groups is 1. The van der Waals surface area contributed by atoms with Gasteiger partial charge in [0.25, 0.3) is 5.56 Å². The number of benzene rings is 3. The Labute approximate surface area is 197 Å². The van der Waals surface area contributed by atoms with Crippen molar-refractivity contribution in [1.29, 1.82) is 0 Å². The molecule has 0 radical (unpaired) electrons. The molecular weight excluding hydrogens is 430 g/mol. The molecule has 1 N–H and O–H groups in total. The molecule has 1 atom stereocenters. The van der Waals surface area contributed by atoms with Crippen molar-refractivity contribution in [2.24, 2.45) is 0 Å². The van der Waals surface area contributed by atoms with E-state index in [0.29, 0.717) is 29.0 Å². The van der Waals surface area contributed by atoms with E-state index < -0.39 is 0 Å². The average molecular weight is 456 g/mol. The first-order valence-electron chi connectivity index (χ1n) is 10.8. The SMILES string of the molecule is C=CCn1c(SCC(=O)N[C@H](Cc2ccccc2)c2ccccc2)nc2ccccc2c1=O. The standard InChI is InChI=1S/C27H25N3O2S/c1-2-17-30-26(32)22-15-9-10-16-23(22)29-27(30)33-19-25(31)28-24(21-13-7-4-8-14-21)18-20-11-5-3-6-12-20/h2-16,24H,1,17-19H2,(H,28,31)/t24-/m1/s1. The van der Waals surface area contributed by atoms with Gasteiger partial charge in [-0.3, -0.25) is 14.2 Å². The summed E-state index contributed by atoms with van der Waals surface area (Å²) in [5.74, 6) is 0.0393. The summed E-state index contributed by atoms with van der Waals surface area (Å²) in [4.78, 5) is 30.5. The molecule has 5 nitrogen and oxygen atoms in total. The Morgan fingerprint density at radius 2 is 1.67 bits per heavy atom. The number of carbonyl (C=O) groups excluding carboxylic acids is 1. The van der Waals surface area contributed by atoms with E-state index in [2.05, 4.69) is 29.0 Å². The van der Waals surface area contributed by atoms with Crippen LogP contribution in [0.2, 0.25) is 0 Å². The maximum absolute atomic E-state index is 12.9. The van der Waals surface area contributed by atoms with E-state index in [4.69, 9.17) is 0 Å². The largest absolute Gasteiger partial charge is 0.348 e. The third-order valence-corrected chi connectivity index (χ3v) is 6.27. The molecule has 33 heavy (non-hydrogen) atoms. The molecule has 0 aliphatic rings. The van der Waals surface area contributed by atoms with Crippen molar-refractivity contribution in [2.45, 2.75) is 24.2 Å². The van der Waals surface area contributed by atoms with Gasteiger partial charge in [0.1, 0.15) is 0 Å². The molecule has 0 aliphatic carbocycles. The fourth-order valence-electron chi connectivity index (χ4n) is 3.70. The van der Waals surface area contributed by atoms with Crippen LogP contribution in [0.4, 0.5) is 0 Å². The van der Waals surface area contributed by atoms with E-state index in [1.165, 1.54) is 11.8 Å². The summed E-state index contributed by atoms with van der Waals surface area (Å²) in [5.41, 5.74) is 2.69. The second-order valence-electron chi connectivity index (χ2n) is 7.63. The molecule has 4 aromatic rings. The zero-order chi connectivity index (χ0) is 23.0. The number of para-hydroxylation sites is 1. The third-order valence-electron chi connectivity index (χ3n) is 5.29. The smallest absolute Gasteiger partial charge is 0.262 e. The van der Waals surface area contributed by atoms with Crippen LogP contribution in [-0.4, -0.2) is 21.2 Å². The summed E-state index contributed by atoms with van der Waals surface area (Å²) in [7, 11) is 0. The third kappa shape index (κ3) is 5.59. The first kappa shape index (κ1) is 22.6. The molecule has 0 saturated heterocycles. The van der Waals surface area contributed by atoms with Crippen LogP contribution in [0.3, 0.4) is 0 Å². The van der Waals surface area contributed by atoms with E-state index in [1.807, 2.05) is 66.7 Å². The number of hydrogen-bond donors (Lipinski definition) is 1. The van der Waals surface area contributed by atoms with Crippen molar-refractivity contribution >= 4 is 28.6 Å². The molecule has 166 valence electrons. The molecule has 0 unspecified atom stereocenters. The maximum atomic E-state index is 12.9. The molecule has 1 amide bonds. The molecular formula is C27H25N3O2S. The van der Waals surface area contributed by atoms with Crippen LogP contribution < -0.4 is 10.9 Å². The minimum atomic E-state index is -0.151. The van der Waals surface area contributed by atoms with Crippen molar-refractivity contribution in [1.82, 2.24) is 14.9 Å². The molecule has 0 fully saturated rings. The predicted molar refractivity (Wildman–Crippen MR) is 134 cm³/mol. The molecule has 6 heteroatoms. The Balaban J connectivity index is 1.52. The van der Waals surface area contributed by atoms with Crippen molar-refractivity contribution < 1.29 is 4.79 Å². The van der Waals surface area contributed by atoms with Crippen molar-refractivity contribution in [3.8, 4) is 0 Å². The first-order chi connectivity index (χ1) is 16.2. The quantitative estimate of drug-likeness (QED) is 0.224. The molecule has 1 aromatic heterocycles. The van der Waals surface area contributed by atoms with Gasteiger partial charge in [-0.15, -0.1) is 6.58 Å². The van der Waals surface area contributed by atoms with Gasteiger partial charge in [-0.05, 0) is 29.7 Å². The van der Waals surface area contributed by atoms with Gasteiger partial charge in [-0.25, -0.2) is 4.98 Å². The lowest BCUT2D eigenvalue weighted by molar-refractivity contribution is -0.119. The summed E-state index contributed by atoms with van der Waals surface area (Å²) in [6.45, 7) is 4.08. The van der Waals surface area contributed by atoms with E-state index in [0.717, 1.165) is 11.1 Å². The zero-order valence-electron chi connectivity index (χ0n) is 18.2. The monoisotopic (exact) mass is 455 g/mol. The minimum absolute atomic E-state index is 0.114. The lowest BCUT2D eigenvalue weighted by atomic mass is 9.99. The molecule has 0 spiro atoms. The van der Waals surface area contributed by atoms with Gasteiger partial charge in [-0.1, -0.05) is 90.6 Å². The Kier molecular flexibility index (Phi) is 7.37. The van der Waals surface area contributed by atoms with Gasteiger partial charge in [0.15, 0.2) is 5.16 Å². The number of allylic oxidation sites excluding steroid dienone is 1. The van der Waals surface area contributed by atoms with Gasteiger partial charge < -0.3 is 5.32 Å². The highest BCUT2D eigenvalue weighted by Crippen LogP contribution is 2.21. The van der Waals surface area contributed by atoms with Crippen LogP contribution >= 0.6 is 11.8 Å². The number of fused-ring (bicyclic) bond motifs is 1. The fraction of sp³-hybridized carbons (Fsp3) is 0.148. The second kappa shape index (κ2) is 10.8. The molecule has 0 aliphatic heterocycles. The minimum Gasteiger partial charge on any atom is -0.348 e. The van der Waals surface area contributed by atoms with E-state index in [-0.39, 0.29) is 23.3 Å². The summed E-state index contributed by atoms with van der Waals surface area (Å²) in [5, 5.41) is 4.22. The maximum Gasteiger partial charge on any atom is 0.262 e. The van der Waals surface area contributed by atoms with Crippen LogP contribution in [0.1, 0.15) is 17.2 Å². The number of nitrogens with one attached hydrogen (secondary N) is 1. The zero-order valence-corrected chi connectivity index (χ0v) is 19.0. The highest BCUT2D eigenvalue weighted by Gasteiger charge is 2.17. The van der Waals surface area contributed by atoms with Gasteiger partial charge in [-0.2, -0.15) is 0 Å². The first-order valence-corrected chi connectivity index (χ1v) is 11.8. The van der Waals surface area contributed by atoms with Crippen LogP contribution in [0.25, 0.3) is 10.9 Å². The highest BCUT2D eigenvalue weighted by molar-refractivity contribution is 7.99. The number of aromatic nitrogens is 2. The Morgan fingerprint density at radius 3 is 2.39 bits per heavy atom. The molecule has 0 bridgehead atoms. The summed E-state index contributed by atoms with van der Waals surface area (Å²) in [6.07, 6.45) is 2.35. The van der Waals surface area contributed by atoms with Gasteiger partial charge >= 0.3 is 0 Å². The van der Waals surface area contributed by atoms with E-state index in [9.17, 15) is 9.59 Å². The lowest BCUT2D eigenvalue weighted by Crippen LogP contribution is -2.31. The number of amides is 1. The highest BCUT2D eigenvalue weighted by atomic mass is 32.2. The van der Waals surface area contributed by atoms with Crippen LogP contribution in [0, 0.1) is 0 Å². The fourth-order valence-corrected chi connectivity index (χ4v) is 4.52. The average Bonchev–Trinajstić information content (AvgIpc) is 2.85. The van der Waals surface area contributed by atoms with E-state index in [1.54, 1.807) is 16.7 Å². The summed E-state index contributed by atoms with van der Waals surface area (Å²) >= 11 is 1.26. The van der Waals surface area contributed by atoms with Gasteiger partial charge in [0, 0.05) is 6.54 Å². The summed E-state index contributed by atoms with van der Waals surface area (Å²) < 4.78 is 1.56. The Bertz CT molecular complexity index is 1300. The lowest BCUT2D eigenvalue weighted by Gasteiger charge is -2.20. The topological polar surface area (TPSA) is 64.0 Å². The van der Waals surface area contributed by atoms with Gasteiger partial charge in [0.05, 0.1) is 22.7 Å². The number of nitrogens with zero attached hydrogens (tertiary/aromatic N) is 2. The molecule has 1 heterocycles. The number of hydrogen-bond acceptors (Lipinski definition) is 4. The normalized spacial score (nSPS) is 11.8.